The summed E-state index contributed by atoms with van der Waals surface area (Å²) in [5.41, 5.74) is 0. The van der Waals surface area contributed by atoms with Gasteiger partial charge in [0, 0.05) is 28.1 Å². The van der Waals surface area contributed by atoms with E-state index >= 15 is 0 Å². The number of thiol groups is 1. The van der Waals surface area contributed by atoms with Gasteiger partial charge in [-0.05, 0) is 43.3 Å². The lowest BCUT2D eigenvalue weighted by molar-refractivity contribution is 0.387. The number of sulfonamides is 1. The first-order valence-electron chi connectivity index (χ1n) is 7.31. The third kappa shape index (κ3) is 4.53. The molecule has 2 atom stereocenters. The predicted octanol–water partition coefficient (Wildman–Crippen LogP) is 4.17. The van der Waals surface area contributed by atoms with Crippen LogP contribution in [0, 0.1) is 0 Å². The zero-order chi connectivity index (χ0) is 17.0. The van der Waals surface area contributed by atoms with Crippen molar-refractivity contribution < 1.29 is 8.42 Å². The van der Waals surface area contributed by atoms with Gasteiger partial charge in [0.15, 0.2) is 0 Å². The van der Waals surface area contributed by atoms with Crippen LogP contribution in [0.5, 0.6) is 0 Å². The monoisotopic (exact) mass is 367 g/mol. The quantitative estimate of drug-likeness (QED) is 0.779. The molecule has 1 unspecified atom stereocenters. The Morgan fingerprint density at radius 1 is 0.957 bits per heavy atom. The Morgan fingerprint density at radius 2 is 1.48 bits per heavy atom. The van der Waals surface area contributed by atoms with Crippen LogP contribution in [0.3, 0.4) is 0 Å². The fourth-order valence-electron chi connectivity index (χ4n) is 1.99. The van der Waals surface area contributed by atoms with Gasteiger partial charge in [-0.3, -0.25) is 0 Å². The van der Waals surface area contributed by atoms with Gasteiger partial charge < -0.3 is 0 Å². The van der Waals surface area contributed by atoms with E-state index in [1.54, 1.807) is 30.9 Å². The van der Waals surface area contributed by atoms with E-state index in [0.29, 0.717) is 4.90 Å². The van der Waals surface area contributed by atoms with E-state index in [1.165, 1.54) is 4.31 Å². The van der Waals surface area contributed by atoms with E-state index in [2.05, 4.69) is 12.6 Å². The molecule has 0 aromatic heterocycles. The second-order valence-electron chi connectivity index (χ2n) is 5.39. The molecule has 23 heavy (non-hydrogen) atoms. The van der Waals surface area contributed by atoms with Crippen molar-refractivity contribution >= 4 is 34.4 Å². The maximum Gasteiger partial charge on any atom is 0.243 e. The average molecular weight is 368 g/mol. The van der Waals surface area contributed by atoms with Gasteiger partial charge in [0.1, 0.15) is 0 Å². The van der Waals surface area contributed by atoms with Crippen LogP contribution in [-0.2, 0) is 10.0 Å². The number of hydrogen-bond acceptors (Lipinski definition) is 4. The first kappa shape index (κ1) is 18.4. The van der Waals surface area contributed by atoms with Gasteiger partial charge in [-0.15, -0.1) is 0 Å². The van der Waals surface area contributed by atoms with Crippen molar-refractivity contribution in [3.63, 3.8) is 0 Å². The highest BCUT2D eigenvalue weighted by Gasteiger charge is 2.27. The van der Waals surface area contributed by atoms with Crippen molar-refractivity contribution in [1.82, 2.24) is 4.31 Å². The van der Waals surface area contributed by atoms with E-state index in [0.717, 1.165) is 9.79 Å². The second-order valence-corrected chi connectivity index (χ2v) is 9.35. The summed E-state index contributed by atoms with van der Waals surface area (Å²) in [6, 6.07) is 16.8. The number of benzene rings is 2. The van der Waals surface area contributed by atoms with E-state index < -0.39 is 10.0 Å². The minimum atomic E-state index is -3.50. The molecule has 0 fully saturated rings. The SMILES string of the molecule is CC(S)[C@@H](C)N(C)S(=O)(=O)c1ccc(Sc2ccccc2)cc1. The summed E-state index contributed by atoms with van der Waals surface area (Å²) in [5.74, 6) is 0. The fraction of sp³-hybridized carbons (Fsp3) is 0.294. The van der Waals surface area contributed by atoms with Crippen molar-refractivity contribution in [2.24, 2.45) is 0 Å². The van der Waals surface area contributed by atoms with Gasteiger partial charge in [0.2, 0.25) is 10.0 Å². The number of rotatable bonds is 6. The minimum absolute atomic E-state index is 0.0392. The average Bonchev–Trinajstić information content (AvgIpc) is 2.54. The minimum Gasteiger partial charge on any atom is -0.207 e. The van der Waals surface area contributed by atoms with Gasteiger partial charge in [0.05, 0.1) is 4.90 Å². The van der Waals surface area contributed by atoms with E-state index in [-0.39, 0.29) is 11.3 Å². The standard InChI is InChI=1S/C17H21NO2S3/c1-13(14(2)21)18(3)23(19,20)17-11-9-16(10-12-17)22-15-7-5-4-6-8-15/h4-14,21H,1-3H3/t13-,14?/m1/s1. The second kappa shape index (κ2) is 7.75. The lowest BCUT2D eigenvalue weighted by atomic mass is 10.3. The molecule has 0 saturated heterocycles. The Balaban J connectivity index is 2.18. The molecular formula is C17H21NO2S3. The summed E-state index contributed by atoms with van der Waals surface area (Å²) in [5, 5.41) is -0.0392. The molecule has 3 nitrogen and oxygen atoms in total. The van der Waals surface area contributed by atoms with Crippen molar-refractivity contribution in [2.75, 3.05) is 7.05 Å². The molecule has 0 spiro atoms. The lowest BCUT2D eigenvalue weighted by Gasteiger charge is -2.26. The van der Waals surface area contributed by atoms with Crippen molar-refractivity contribution in [2.45, 2.75) is 39.8 Å². The molecular weight excluding hydrogens is 346 g/mol. The maximum absolute atomic E-state index is 12.6. The first-order valence-corrected chi connectivity index (χ1v) is 10.1. The summed E-state index contributed by atoms with van der Waals surface area (Å²) < 4.78 is 26.6. The predicted molar refractivity (Wildman–Crippen MR) is 99.9 cm³/mol. The molecule has 124 valence electrons. The summed E-state index contributed by atoms with van der Waals surface area (Å²) in [6.45, 7) is 3.74. The first-order chi connectivity index (χ1) is 10.8. The third-order valence-electron chi connectivity index (χ3n) is 3.75. The lowest BCUT2D eigenvalue weighted by Crippen LogP contribution is -2.39. The third-order valence-corrected chi connectivity index (χ3v) is 7.16. The van der Waals surface area contributed by atoms with E-state index in [1.807, 2.05) is 56.3 Å². The molecule has 2 aromatic rings. The molecule has 0 aliphatic carbocycles. The van der Waals surface area contributed by atoms with Crippen LogP contribution in [0.1, 0.15) is 13.8 Å². The van der Waals surface area contributed by atoms with Crippen molar-refractivity contribution in [3.8, 4) is 0 Å². The van der Waals surface area contributed by atoms with Crippen LogP contribution in [0.25, 0.3) is 0 Å². The highest BCUT2D eigenvalue weighted by Crippen LogP contribution is 2.29. The van der Waals surface area contributed by atoms with Gasteiger partial charge in [-0.25, -0.2) is 8.42 Å². The molecule has 0 N–H and O–H groups in total. The van der Waals surface area contributed by atoms with E-state index in [4.69, 9.17) is 0 Å². The summed E-state index contributed by atoms with van der Waals surface area (Å²) in [6.07, 6.45) is 0. The molecule has 0 saturated carbocycles. The normalized spacial score (nSPS) is 14.7. The molecule has 0 amide bonds. The van der Waals surface area contributed by atoms with Crippen molar-refractivity contribution in [3.05, 3.63) is 54.6 Å². The molecule has 0 aliphatic heterocycles. The van der Waals surface area contributed by atoms with Crippen LogP contribution < -0.4 is 0 Å². The summed E-state index contributed by atoms with van der Waals surface area (Å²) >= 11 is 5.94. The fourth-order valence-corrected chi connectivity index (χ4v) is 4.55. The smallest absolute Gasteiger partial charge is 0.207 e. The van der Waals surface area contributed by atoms with Crippen LogP contribution in [0.15, 0.2) is 69.3 Å². The maximum atomic E-state index is 12.6. The van der Waals surface area contributed by atoms with Gasteiger partial charge in [-0.1, -0.05) is 36.9 Å². The van der Waals surface area contributed by atoms with E-state index in [9.17, 15) is 8.42 Å². The topological polar surface area (TPSA) is 37.4 Å². The summed E-state index contributed by atoms with van der Waals surface area (Å²) in [4.78, 5) is 2.43. The Labute approximate surface area is 148 Å². The van der Waals surface area contributed by atoms with Crippen LogP contribution in [0.4, 0.5) is 0 Å². The highest BCUT2D eigenvalue weighted by molar-refractivity contribution is 7.99. The van der Waals surface area contributed by atoms with Gasteiger partial charge in [0.25, 0.3) is 0 Å². The molecule has 2 rings (SSSR count). The number of nitrogens with zero attached hydrogens (tertiary/aromatic N) is 1. The zero-order valence-corrected chi connectivity index (χ0v) is 15.9. The Bertz CT molecular complexity index is 728. The van der Waals surface area contributed by atoms with Gasteiger partial charge >= 0.3 is 0 Å². The molecule has 0 aliphatic rings. The van der Waals surface area contributed by atoms with Crippen LogP contribution in [0.2, 0.25) is 0 Å². The Hall–Kier alpha value is -0.950. The molecule has 6 heteroatoms. The zero-order valence-electron chi connectivity index (χ0n) is 13.4. The summed E-state index contributed by atoms with van der Waals surface area (Å²) in [7, 11) is -1.90. The molecule has 0 heterocycles. The molecule has 2 aromatic carbocycles. The highest BCUT2D eigenvalue weighted by atomic mass is 32.2. The van der Waals surface area contributed by atoms with Crippen molar-refractivity contribution in [1.29, 1.82) is 0 Å². The van der Waals surface area contributed by atoms with Gasteiger partial charge in [-0.2, -0.15) is 16.9 Å². The Kier molecular flexibility index (Phi) is 6.19. The van der Waals surface area contributed by atoms with Crippen LogP contribution >= 0.6 is 24.4 Å². The molecule has 0 bridgehead atoms. The number of hydrogen-bond donors (Lipinski definition) is 1. The molecule has 0 radical (unpaired) electrons. The van der Waals surface area contributed by atoms with Crippen LogP contribution in [-0.4, -0.2) is 31.1 Å². The Morgan fingerprint density at radius 3 is 2.00 bits per heavy atom. The largest absolute Gasteiger partial charge is 0.243 e.